The minimum absolute atomic E-state index is 0.0141. The minimum atomic E-state index is -0.608. The summed E-state index contributed by atoms with van der Waals surface area (Å²) in [7, 11) is 0. The molecule has 4 heteroatoms. The topological polar surface area (TPSA) is 44.8 Å². The number of esters is 1. The molecule has 0 bridgehead atoms. The molecule has 0 aromatic rings. The van der Waals surface area contributed by atoms with E-state index < -0.39 is 17.3 Å². The van der Waals surface area contributed by atoms with Crippen molar-refractivity contribution in [1.82, 2.24) is 0 Å². The Morgan fingerprint density at radius 3 is 1.76 bits per heavy atom. The van der Waals surface area contributed by atoms with Gasteiger partial charge in [-0.3, -0.25) is 4.79 Å². The van der Waals surface area contributed by atoms with Gasteiger partial charge in [-0.05, 0) is 58.3 Å². The second-order valence-corrected chi connectivity index (χ2v) is 11.7. The first-order chi connectivity index (χ1) is 12.9. The fourth-order valence-corrected chi connectivity index (χ4v) is 3.73. The molecule has 0 saturated heterocycles. The molecule has 0 aliphatic rings. The first-order valence-electron chi connectivity index (χ1n) is 11.4. The van der Waals surface area contributed by atoms with Crippen molar-refractivity contribution in [3.05, 3.63) is 0 Å². The van der Waals surface area contributed by atoms with Crippen molar-refractivity contribution in [2.24, 2.45) is 16.2 Å². The predicted octanol–water partition coefficient (Wildman–Crippen LogP) is 7.14. The number of carbonyl (C=O) groups is 1. The average Bonchev–Trinajstić information content (AvgIpc) is 2.50. The highest BCUT2D eigenvalue weighted by molar-refractivity contribution is 5.77. The first-order valence-corrected chi connectivity index (χ1v) is 11.4. The highest BCUT2D eigenvalue weighted by atomic mass is 16.7. The van der Waals surface area contributed by atoms with E-state index in [1.165, 1.54) is 0 Å². The number of rotatable bonds is 11. The molecule has 3 unspecified atom stereocenters. The summed E-state index contributed by atoms with van der Waals surface area (Å²) >= 11 is 0. The minimum Gasteiger partial charge on any atom is -0.435 e. The fraction of sp³-hybridized carbons (Fsp3) is 0.960. The standard InChI is InChI=1S/C25H50O4/c1-14-16-19(27-18(3)4)24(11,12)29-20(15-2)28-21(26)25(13,23(8,9)10)17-22(5,6)7/h18-20H,14-17H2,1-13H3. The number of carbonyl (C=O) groups excluding carboxylic acids is 1. The lowest BCUT2D eigenvalue weighted by molar-refractivity contribution is -0.245. The van der Waals surface area contributed by atoms with E-state index in [1.54, 1.807) is 0 Å². The smallest absolute Gasteiger partial charge is 0.314 e. The van der Waals surface area contributed by atoms with Crippen molar-refractivity contribution in [2.45, 2.75) is 140 Å². The van der Waals surface area contributed by atoms with Crippen LogP contribution in [0.25, 0.3) is 0 Å². The molecular weight excluding hydrogens is 364 g/mol. The van der Waals surface area contributed by atoms with Crippen LogP contribution in [0, 0.1) is 16.2 Å². The summed E-state index contributed by atoms with van der Waals surface area (Å²) in [6.45, 7) is 27.1. The van der Waals surface area contributed by atoms with Crippen molar-refractivity contribution in [2.75, 3.05) is 0 Å². The Balaban J connectivity index is 5.53. The van der Waals surface area contributed by atoms with Crippen LogP contribution in [-0.2, 0) is 19.0 Å². The summed E-state index contributed by atoms with van der Waals surface area (Å²) in [5.74, 6) is -0.181. The second kappa shape index (κ2) is 10.6. The Labute approximate surface area is 181 Å². The average molecular weight is 415 g/mol. The molecule has 29 heavy (non-hydrogen) atoms. The molecule has 0 aromatic heterocycles. The van der Waals surface area contributed by atoms with Gasteiger partial charge in [0.1, 0.15) is 0 Å². The van der Waals surface area contributed by atoms with E-state index >= 15 is 0 Å². The van der Waals surface area contributed by atoms with Crippen molar-refractivity contribution < 1.29 is 19.0 Å². The van der Waals surface area contributed by atoms with Gasteiger partial charge in [0.05, 0.1) is 23.2 Å². The van der Waals surface area contributed by atoms with Crippen LogP contribution >= 0.6 is 0 Å². The van der Waals surface area contributed by atoms with Gasteiger partial charge in [-0.1, -0.05) is 61.8 Å². The molecule has 0 saturated carbocycles. The van der Waals surface area contributed by atoms with Crippen LogP contribution < -0.4 is 0 Å². The first kappa shape index (κ1) is 28.4. The summed E-state index contributed by atoms with van der Waals surface area (Å²) in [6.07, 6.45) is 2.74. The molecule has 174 valence electrons. The number of hydrogen-bond donors (Lipinski definition) is 0. The highest BCUT2D eigenvalue weighted by Crippen LogP contribution is 2.47. The highest BCUT2D eigenvalue weighted by Gasteiger charge is 2.48. The molecule has 3 atom stereocenters. The maximum absolute atomic E-state index is 13.4. The van der Waals surface area contributed by atoms with Crippen molar-refractivity contribution in [3.63, 3.8) is 0 Å². The normalized spacial score (nSPS) is 17.7. The van der Waals surface area contributed by atoms with Gasteiger partial charge in [0.2, 0.25) is 6.29 Å². The third kappa shape index (κ3) is 8.96. The molecule has 0 aromatic carbocycles. The van der Waals surface area contributed by atoms with E-state index in [0.29, 0.717) is 6.42 Å². The van der Waals surface area contributed by atoms with Gasteiger partial charge in [-0.2, -0.15) is 0 Å². The van der Waals surface area contributed by atoms with E-state index in [4.69, 9.17) is 14.2 Å². The molecule has 0 rings (SSSR count). The van der Waals surface area contributed by atoms with Gasteiger partial charge in [0.25, 0.3) is 0 Å². The van der Waals surface area contributed by atoms with Gasteiger partial charge in [0, 0.05) is 6.42 Å². The monoisotopic (exact) mass is 414 g/mol. The summed E-state index contributed by atoms with van der Waals surface area (Å²) in [5, 5.41) is 0. The third-order valence-corrected chi connectivity index (χ3v) is 5.76. The van der Waals surface area contributed by atoms with Gasteiger partial charge in [-0.15, -0.1) is 0 Å². The lowest BCUT2D eigenvalue weighted by Gasteiger charge is -2.44. The fourth-order valence-electron chi connectivity index (χ4n) is 3.73. The lowest BCUT2D eigenvalue weighted by Crippen LogP contribution is -2.48. The zero-order valence-corrected chi connectivity index (χ0v) is 21.7. The SMILES string of the molecule is CCCC(OC(C)C)C(C)(C)OC(CC)OC(=O)C(C)(CC(C)(C)C)C(C)(C)C. The van der Waals surface area contributed by atoms with Gasteiger partial charge >= 0.3 is 5.97 Å². The van der Waals surface area contributed by atoms with E-state index in [9.17, 15) is 4.79 Å². The summed E-state index contributed by atoms with van der Waals surface area (Å²) in [4.78, 5) is 13.4. The zero-order chi connectivity index (χ0) is 23.3. The van der Waals surface area contributed by atoms with Crippen molar-refractivity contribution >= 4 is 5.97 Å². The van der Waals surface area contributed by atoms with E-state index in [0.717, 1.165) is 19.3 Å². The molecule has 4 nitrogen and oxygen atoms in total. The maximum atomic E-state index is 13.4. The van der Waals surface area contributed by atoms with E-state index in [2.05, 4.69) is 48.5 Å². The van der Waals surface area contributed by atoms with Crippen LogP contribution in [0.15, 0.2) is 0 Å². The van der Waals surface area contributed by atoms with Crippen molar-refractivity contribution in [3.8, 4) is 0 Å². The van der Waals surface area contributed by atoms with Crippen molar-refractivity contribution in [1.29, 1.82) is 0 Å². The molecule has 0 aliphatic carbocycles. The van der Waals surface area contributed by atoms with Crippen LogP contribution in [0.4, 0.5) is 0 Å². The molecule has 0 spiro atoms. The Morgan fingerprint density at radius 2 is 1.41 bits per heavy atom. The van der Waals surface area contributed by atoms with Crippen LogP contribution in [0.3, 0.4) is 0 Å². The summed E-state index contributed by atoms with van der Waals surface area (Å²) < 4.78 is 18.5. The summed E-state index contributed by atoms with van der Waals surface area (Å²) in [6, 6.07) is 0. The van der Waals surface area contributed by atoms with Gasteiger partial charge in [-0.25, -0.2) is 0 Å². The predicted molar refractivity (Wildman–Crippen MR) is 122 cm³/mol. The molecule has 0 radical (unpaired) electrons. The second-order valence-electron chi connectivity index (χ2n) is 11.7. The molecular formula is C25H50O4. The molecule has 0 fully saturated rings. The van der Waals surface area contributed by atoms with Crippen LogP contribution in [0.1, 0.15) is 116 Å². The third-order valence-electron chi connectivity index (χ3n) is 5.76. The van der Waals surface area contributed by atoms with Gasteiger partial charge in [0.15, 0.2) is 0 Å². The van der Waals surface area contributed by atoms with Crippen LogP contribution in [-0.4, -0.2) is 30.1 Å². The molecule has 0 amide bonds. The molecule has 0 heterocycles. The Kier molecular flexibility index (Phi) is 10.4. The molecule has 0 aliphatic heterocycles. The molecule has 0 N–H and O–H groups in total. The lowest BCUT2D eigenvalue weighted by atomic mass is 9.61. The number of ether oxygens (including phenoxy) is 3. The quantitative estimate of drug-likeness (QED) is 0.266. The Bertz CT molecular complexity index is 496. The zero-order valence-electron chi connectivity index (χ0n) is 21.7. The number of hydrogen-bond acceptors (Lipinski definition) is 4. The van der Waals surface area contributed by atoms with E-state index in [1.807, 2.05) is 41.5 Å². The maximum Gasteiger partial charge on any atom is 0.314 e. The Morgan fingerprint density at radius 1 is 0.897 bits per heavy atom. The largest absolute Gasteiger partial charge is 0.435 e. The Hall–Kier alpha value is -0.610. The van der Waals surface area contributed by atoms with Gasteiger partial charge < -0.3 is 14.2 Å². The van der Waals surface area contributed by atoms with Crippen LogP contribution in [0.2, 0.25) is 0 Å². The summed E-state index contributed by atoms with van der Waals surface area (Å²) in [5.41, 5.74) is -1.37. The van der Waals surface area contributed by atoms with Crippen LogP contribution in [0.5, 0.6) is 0 Å². The van der Waals surface area contributed by atoms with E-state index in [-0.39, 0.29) is 29.0 Å².